The van der Waals surface area contributed by atoms with Gasteiger partial charge in [0.25, 0.3) is 0 Å². The summed E-state index contributed by atoms with van der Waals surface area (Å²) in [4.78, 5) is 23.2. The van der Waals surface area contributed by atoms with Crippen molar-refractivity contribution < 1.29 is 19.4 Å². The van der Waals surface area contributed by atoms with Gasteiger partial charge in [0.2, 0.25) is 5.91 Å². The molecule has 0 aliphatic heterocycles. The second-order valence-corrected chi connectivity index (χ2v) is 5.55. The van der Waals surface area contributed by atoms with Crippen LogP contribution < -0.4 is 10.1 Å². The highest BCUT2D eigenvalue weighted by Crippen LogP contribution is 2.27. The predicted molar refractivity (Wildman–Crippen MR) is 78.3 cm³/mol. The molecule has 0 aromatic heterocycles. The number of benzene rings is 1. The van der Waals surface area contributed by atoms with Gasteiger partial charge >= 0.3 is 5.97 Å². The zero-order valence-electron chi connectivity index (χ0n) is 12.3. The summed E-state index contributed by atoms with van der Waals surface area (Å²) in [7, 11) is 1.59. The number of carboxylic acid groups (broad SMARTS) is 1. The lowest BCUT2D eigenvalue weighted by Crippen LogP contribution is -2.36. The van der Waals surface area contributed by atoms with Gasteiger partial charge in [-0.1, -0.05) is 12.1 Å². The Morgan fingerprint density at radius 2 is 2.14 bits per heavy atom. The first-order chi connectivity index (χ1) is 10.0. The molecule has 0 radical (unpaired) electrons. The number of methoxy groups -OCH3 is 1. The number of ether oxygens (including phenoxy) is 1. The summed E-state index contributed by atoms with van der Waals surface area (Å²) in [5.74, 6) is -0.739. The van der Waals surface area contributed by atoms with E-state index in [4.69, 9.17) is 9.84 Å². The average Bonchev–Trinajstić information content (AvgIpc) is 2.95. The molecule has 1 aliphatic carbocycles. The number of amides is 1. The monoisotopic (exact) mass is 291 g/mol. The van der Waals surface area contributed by atoms with Gasteiger partial charge in [-0.3, -0.25) is 9.59 Å². The predicted octanol–water partition coefficient (Wildman–Crippen LogP) is 2.17. The van der Waals surface area contributed by atoms with E-state index >= 15 is 0 Å². The molecule has 5 heteroatoms. The highest BCUT2D eigenvalue weighted by Gasteiger charge is 2.31. The quantitative estimate of drug-likeness (QED) is 0.871. The molecule has 1 fully saturated rings. The lowest BCUT2D eigenvalue weighted by molar-refractivity contribution is -0.141. The molecule has 0 heterocycles. The number of hydrogen-bond acceptors (Lipinski definition) is 3. The van der Waals surface area contributed by atoms with Crippen LogP contribution in [-0.2, 0) is 9.59 Å². The number of aliphatic carboxylic acids is 1. The fraction of sp³-hybridized carbons (Fsp3) is 0.500. The SMILES string of the molecule is COc1cccc(C(C)C(=O)N[C@H]2CC[C@@H](C(=O)O)C2)c1. The Kier molecular flexibility index (Phi) is 4.83. The average molecular weight is 291 g/mol. The summed E-state index contributed by atoms with van der Waals surface area (Å²) in [6.45, 7) is 1.84. The molecular weight excluding hydrogens is 270 g/mol. The highest BCUT2D eigenvalue weighted by atomic mass is 16.5. The standard InChI is InChI=1S/C16H21NO4/c1-10(11-4-3-5-14(9-11)21-2)15(18)17-13-7-6-12(8-13)16(19)20/h3-5,9-10,12-13H,6-8H2,1-2H3,(H,17,18)(H,19,20)/t10?,12-,13+/m1/s1. The molecule has 0 bridgehead atoms. The van der Waals surface area contributed by atoms with Crippen molar-refractivity contribution in [2.45, 2.75) is 38.1 Å². The van der Waals surface area contributed by atoms with E-state index in [1.54, 1.807) is 7.11 Å². The summed E-state index contributed by atoms with van der Waals surface area (Å²) >= 11 is 0. The molecule has 0 spiro atoms. The van der Waals surface area contributed by atoms with Crippen LogP contribution in [0.3, 0.4) is 0 Å². The van der Waals surface area contributed by atoms with Crippen LogP contribution >= 0.6 is 0 Å². The van der Waals surface area contributed by atoms with E-state index in [0.717, 1.165) is 17.7 Å². The van der Waals surface area contributed by atoms with Crippen LogP contribution in [-0.4, -0.2) is 30.1 Å². The van der Waals surface area contributed by atoms with Gasteiger partial charge in [0.15, 0.2) is 0 Å². The molecule has 3 atom stereocenters. The Morgan fingerprint density at radius 1 is 1.38 bits per heavy atom. The van der Waals surface area contributed by atoms with Crippen molar-refractivity contribution in [3.8, 4) is 5.75 Å². The van der Waals surface area contributed by atoms with Crippen LogP contribution in [0.25, 0.3) is 0 Å². The molecule has 1 aliphatic rings. The minimum atomic E-state index is -0.771. The normalized spacial score (nSPS) is 22.6. The third-order valence-electron chi connectivity index (χ3n) is 4.12. The maximum absolute atomic E-state index is 12.3. The summed E-state index contributed by atoms with van der Waals surface area (Å²) in [6.07, 6.45) is 1.88. The van der Waals surface area contributed by atoms with Crippen molar-refractivity contribution in [2.75, 3.05) is 7.11 Å². The van der Waals surface area contributed by atoms with Gasteiger partial charge in [-0.15, -0.1) is 0 Å². The number of nitrogens with one attached hydrogen (secondary N) is 1. The Hall–Kier alpha value is -2.04. The van der Waals surface area contributed by atoms with Crippen LogP contribution in [0.1, 0.15) is 37.7 Å². The minimum absolute atomic E-state index is 0.0355. The Morgan fingerprint density at radius 3 is 2.76 bits per heavy atom. The summed E-state index contributed by atoms with van der Waals surface area (Å²) in [6, 6.07) is 7.39. The van der Waals surface area contributed by atoms with Crippen LogP contribution in [0.4, 0.5) is 0 Å². The topological polar surface area (TPSA) is 75.6 Å². The smallest absolute Gasteiger partial charge is 0.306 e. The van der Waals surface area contributed by atoms with Crippen molar-refractivity contribution in [3.05, 3.63) is 29.8 Å². The van der Waals surface area contributed by atoms with E-state index in [9.17, 15) is 9.59 Å². The number of carbonyl (C=O) groups is 2. The molecule has 1 aromatic carbocycles. The molecule has 2 rings (SSSR count). The molecule has 1 aromatic rings. The van der Waals surface area contributed by atoms with E-state index in [2.05, 4.69) is 5.32 Å². The first-order valence-corrected chi connectivity index (χ1v) is 7.18. The molecule has 21 heavy (non-hydrogen) atoms. The van der Waals surface area contributed by atoms with E-state index in [-0.39, 0.29) is 23.8 Å². The number of carboxylic acids is 1. The lowest BCUT2D eigenvalue weighted by atomic mass is 9.99. The van der Waals surface area contributed by atoms with Gasteiger partial charge in [-0.25, -0.2) is 0 Å². The number of carbonyl (C=O) groups excluding carboxylic acids is 1. The fourth-order valence-corrected chi connectivity index (χ4v) is 2.73. The molecule has 1 saturated carbocycles. The van der Waals surface area contributed by atoms with Gasteiger partial charge in [0, 0.05) is 6.04 Å². The Labute approximate surface area is 124 Å². The number of rotatable bonds is 5. The molecule has 2 N–H and O–H groups in total. The second-order valence-electron chi connectivity index (χ2n) is 5.55. The molecule has 5 nitrogen and oxygen atoms in total. The summed E-state index contributed by atoms with van der Waals surface area (Å²) in [5, 5.41) is 11.9. The highest BCUT2D eigenvalue weighted by molar-refractivity contribution is 5.83. The zero-order valence-corrected chi connectivity index (χ0v) is 12.3. The Bertz CT molecular complexity index is 529. The molecular formula is C16H21NO4. The Balaban J connectivity index is 1.95. The van der Waals surface area contributed by atoms with E-state index in [1.807, 2.05) is 31.2 Å². The van der Waals surface area contributed by atoms with Crippen LogP contribution in [0.2, 0.25) is 0 Å². The van der Waals surface area contributed by atoms with E-state index in [1.165, 1.54) is 0 Å². The van der Waals surface area contributed by atoms with Crippen molar-refractivity contribution in [1.82, 2.24) is 5.32 Å². The van der Waals surface area contributed by atoms with Gasteiger partial charge in [0.1, 0.15) is 5.75 Å². The van der Waals surface area contributed by atoms with E-state index in [0.29, 0.717) is 12.8 Å². The van der Waals surface area contributed by atoms with E-state index < -0.39 is 5.97 Å². The third-order valence-corrected chi connectivity index (χ3v) is 4.12. The lowest BCUT2D eigenvalue weighted by Gasteiger charge is -2.17. The third kappa shape index (κ3) is 3.74. The minimum Gasteiger partial charge on any atom is -0.497 e. The molecule has 1 unspecified atom stereocenters. The maximum atomic E-state index is 12.3. The van der Waals surface area contributed by atoms with Crippen LogP contribution in [0.5, 0.6) is 5.75 Å². The van der Waals surface area contributed by atoms with Crippen LogP contribution in [0, 0.1) is 5.92 Å². The van der Waals surface area contributed by atoms with Gasteiger partial charge in [0.05, 0.1) is 18.9 Å². The maximum Gasteiger partial charge on any atom is 0.306 e. The van der Waals surface area contributed by atoms with Crippen molar-refractivity contribution in [3.63, 3.8) is 0 Å². The summed E-state index contributed by atoms with van der Waals surface area (Å²) < 4.78 is 5.16. The van der Waals surface area contributed by atoms with Gasteiger partial charge in [-0.2, -0.15) is 0 Å². The first-order valence-electron chi connectivity index (χ1n) is 7.18. The first kappa shape index (κ1) is 15.4. The second kappa shape index (κ2) is 6.61. The molecule has 0 saturated heterocycles. The largest absolute Gasteiger partial charge is 0.497 e. The van der Waals surface area contributed by atoms with Crippen LogP contribution in [0.15, 0.2) is 24.3 Å². The van der Waals surface area contributed by atoms with Gasteiger partial charge < -0.3 is 15.2 Å². The van der Waals surface area contributed by atoms with Gasteiger partial charge in [-0.05, 0) is 43.9 Å². The fourth-order valence-electron chi connectivity index (χ4n) is 2.73. The summed E-state index contributed by atoms with van der Waals surface area (Å²) in [5.41, 5.74) is 0.889. The van der Waals surface area contributed by atoms with Crippen molar-refractivity contribution >= 4 is 11.9 Å². The zero-order chi connectivity index (χ0) is 15.4. The molecule has 1 amide bonds. The molecule has 114 valence electrons. The van der Waals surface area contributed by atoms with Crippen molar-refractivity contribution in [2.24, 2.45) is 5.92 Å². The van der Waals surface area contributed by atoms with Crippen molar-refractivity contribution in [1.29, 1.82) is 0 Å². The number of hydrogen-bond donors (Lipinski definition) is 2.